The molecule has 2 rings (SSSR count). The normalized spacial score (nSPS) is 30.9. The third kappa shape index (κ3) is 3.70. The van der Waals surface area contributed by atoms with Gasteiger partial charge in [0.15, 0.2) is 0 Å². The van der Waals surface area contributed by atoms with E-state index in [-0.39, 0.29) is 11.4 Å². The van der Waals surface area contributed by atoms with Gasteiger partial charge in [0.2, 0.25) is 5.91 Å². The van der Waals surface area contributed by atoms with E-state index in [1.54, 1.807) is 0 Å². The number of carbonyl (C=O) groups excluding carboxylic acids is 1. The zero-order valence-electron chi connectivity index (χ0n) is 11.0. The molecule has 3 nitrogen and oxygen atoms in total. The van der Waals surface area contributed by atoms with Crippen molar-refractivity contribution >= 4 is 5.91 Å². The Morgan fingerprint density at radius 1 is 1.35 bits per heavy atom. The molecule has 0 bridgehead atoms. The Balaban J connectivity index is 1.70. The van der Waals surface area contributed by atoms with E-state index in [0.717, 1.165) is 18.8 Å². The zero-order valence-corrected chi connectivity index (χ0v) is 11.0. The number of rotatable bonds is 5. The first-order chi connectivity index (χ1) is 8.13. The van der Waals surface area contributed by atoms with Crippen molar-refractivity contribution in [2.75, 3.05) is 0 Å². The highest BCUT2D eigenvalue weighted by molar-refractivity contribution is 5.78. The molecule has 0 heterocycles. The van der Waals surface area contributed by atoms with Gasteiger partial charge in [-0.2, -0.15) is 0 Å². The highest BCUT2D eigenvalue weighted by Gasteiger charge is 2.38. The second kappa shape index (κ2) is 5.38. The number of carbonyl (C=O) groups is 1. The minimum Gasteiger partial charge on any atom is -0.353 e. The fourth-order valence-corrected chi connectivity index (χ4v) is 3.12. The Morgan fingerprint density at radius 3 is 2.71 bits per heavy atom. The van der Waals surface area contributed by atoms with E-state index in [1.807, 2.05) is 0 Å². The van der Waals surface area contributed by atoms with Crippen LogP contribution in [0.3, 0.4) is 0 Å². The standard InChI is InChI=1S/C14H26N2O/c1-2-6-11-9-12(11)16-13(17)10-14(15)7-4-3-5-8-14/h11-12H,2-10,15H2,1H3,(H,16,17). The molecule has 3 N–H and O–H groups in total. The SMILES string of the molecule is CCCC1CC1NC(=O)CC1(N)CCCCC1. The van der Waals surface area contributed by atoms with Crippen LogP contribution in [0.4, 0.5) is 0 Å². The fraction of sp³-hybridized carbons (Fsp3) is 0.929. The summed E-state index contributed by atoms with van der Waals surface area (Å²) < 4.78 is 0. The van der Waals surface area contributed by atoms with Crippen molar-refractivity contribution in [3.63, 3.8) is 0 Å². The molecule has 3 heteroatoms. The van der Waals surface area contributed by atoms with Gasteiger partial charge in [-0.3, -0.25) is 4.79 Å². The molecule has 0 aliphatic heterocycles. The molecule has 0 aromatic rings. The van der Waals surface area contributed by atoms with Crippen LogP contribution in [0, 0.1) is 5.92 Å². The summed E-state index contributed by atoms with van der Waals surface area (Å²) in [5.74, 6) is 0.919. The Morgan fingerprint density at radius 2 is 2.06 bits per heavy atom. The maximum Gasteiger partial charge on any atom is 0.222 e. The summed E-state index contributed by atoms with van der Waals surface area (Å²) in [4.78, 5) is 11.9. The number of hydrogen-bond donors (Lipinski definition) is 2. The first-order valence-corrected chi connectivity index (χ1v) is 7.21. The van der Waals surface area contributed by atoms with Crippen LogP contribution >= 0.6 is 0 Å². The molecule has 0 saturated heterocycles. The largest absolute Gasteiger partial charge is 0.353 e. The van der Waals surface area contributed by atoms with E-state index >= 15 is 0 Å². The van der Waals surface area contributed by atoms with Crippen molar-refractivity contribution in [1.82, 2.24) is 5.32 Å². The molecule has 2 unspecified atom stereocenters. The van der Waals surface area contributed by atoms with Crippen LogP contribution in [0.1, 0.15) is 64.7 Å². The molecule has 2 aliphatic carbocycles. The highest BCUT2D eigenvalue weighted by atomic mass is 16.1. The summed E-state index contributed by atoms with van der Waals surface area (Å²) >= 11 is 0. The smallest absolute Gasteiger partial charge is 0.222 e. The van der Waals surface area contributed by atoms with Gasteiger partial charge in [-0.15, -0.1) is 0 Å². The van der Waals surface area contributed by atoms with Crippen molar-refractivity contribution in [2.45, 2.75) is 76.3 Å². The summed E-state index contributed by atoms with van der Waals surface area (Å²) in [6.07, 6.45) is 9.86. The maximum absolute atomic E-state index is 11.9. The fourth-order valence-electron chi connectivity index (χ4n) is 3.12. The average Bonchev–Trinajstić information content (AvgIpc) is 2.96. The van der Waals surface area contributed by atoms with Crippen molar-refractivity contribution in [3.8, 4) is 0 Å². The Bertz CT molecular complexity index is 271. The van der Waals surface area contributed by atoms with Gasteiger partial charge in [0.05, 0.1) is 0 Å². The first-order valence-electron chi connectivity index (χ1n) is 7.21. The summed E-state index contributed by atoms with van der Waals surface area (Å²) in [7, 11) is 0. The Hall–Kier alpha value is -0.570. The van der Waals surface area contributed by atoms with Crippen molar-refractivity contribution < 1.29 is 4.79 Å². The van der Waals surface area contributed by atoms with Crippen LogP contribution in [0.5, 0.6) is 0 Å². The van der Waals surface area contributed by atoms with Gasteiger partial charge in [0, 0.05) is 18.0 Å². The topological polar surface area (TPSA) is 55.1 Å². The predicted molar refractivity (Wildman–Crippen MR) is 69.6 cm³/mol. The molecule has 0 aromatic carbocycles. The lowest BCUT2D eigenvalue weighted by Crippen LogP contribution is -2.46. The highest BCUT2D eigenvalue weighted by Crippen LogP contribution is 2.35. The van der Waals surface area contributed by atoms with Gasteiger partial charge in [0.1, 0.15) is 0 Å². The van der Waals surface area contributed by atoms with Gasteiger partial charge in [-0.25, -0.2) is 0 Å². The van der Waals surface area contributed by atoms with Crippen LogP contribution in [0.25, 0.3) is 0 Å². The number of amides is 1. The summed E-state index contributed by atoms with van der Waals surface area (Å²) in [6, 6.07) is 0.453. The molecule has 2 aliphatic rings. The van der Waals surface area contributed by atoms with Gasteiger partial charge in [-0.1, -0.05) is 32.6 Å². The lowest BCUT2D eigenvalue weighted by molar-refractivity contribution is -0.122. The van der Waals surface area contributed by atoms with Crippen molar-refractivity contribution in [2.24, 2.45) is 11.7 Å². The van der Waals surface area contributed by atoms with E-state index in [2.05, 4.69) is 12.2 Å². The number of nitrogens with two attached hydrogens (primary N) is 1. The van der Waals surface area contributed by atoms with Gasteiger partial charge in [-0.05, 0) is 31.6 Å². The molecule has 2 atom stereocenters. The van der Waals surface area contributed by atoms with Crippen LogP contribution in [-0.2, 0) is 4.79 Å². The van der Waals surface area contributed by atoms with Gasteiger partial charge < -0.3 is 11.1 Å². The maximum atomic E-state index is 11.9. The van der Waals surface area contributed by atoms with Crippen LogP contribution in [0.15, 0.2) is 0 Å². The molecule has 17 heavy (non-hydrogen) atoms. The zero-order chi connectivity index (χ0) is 12.3. The Kier molecular flexibility index (Phi) is 4.08. The predicted octanol–water partition coefficient (Wildman–Crippen LogP) is 2.34. The van der Waals surface area contributed by atoms with E-state index in [4.69, 9.17) is 5.73 Å². The molecular formula is C14H26N2O. The lowest BCUT2D eigenvalue weighted by Gasteiger charge is -2.32. The van der Waals surface area contributed by atoms with E-state index < -0.39 is 0 Å². The van der Waals surface area contributed by atoms with E-state index in [9.17, 15) is 4.79 Å². The third-order valence-corrected chi connectivity index (χ3v) is 4.29. The quantitative estimate of drug-likeness (QED) is 0.772. The van der Waals surface area contributed by atoms with E-state index in [0.29, 0.717) is 12.5 Å². The van der Waals surface area contributed by atoms with Gasteiger partial charge in [0.25, 0.3) is 0 Å². The number of nitrogens with one attached hydrogen (secondary N) is 1. The van der Waals surface area contributed by atoms with Gasteiger partial charge >= 0.3 is 0 Å². The number of hydrogen-bond acceptors (Lipinski definition) is 2. The summed E-state index contributed by atoms with van der Waals surface area (Å²) in [5.41, 5.74) is 6.08. The minimum atomic E-state index is -0.211. The van der Waals surface area contributed by atoms with Crippen LogP contribution in [0.2, 0.25) is 0 Å². The molecule has 1 amide bonds. The molecule has 2 saturated carbocycles. The van der Waals surface area contributed by atoms with Crippen LogP contribution < -0.4 is 11.1 Å². The summed E-state index contributed by atoms with van der Waals surface area (Å²) in [5, 5.41) is 3.14. The molecule has 98 valence electrons. The second-order valence-corrected chi connectivity index (χ2v) is 6.06. The molecule has 0 radical (unpaired) electrons. The molecule has 0 spiro atoms. The third-order valence-electron chi connectivity index (χ3n) is 4.29. The molecule has 0 aromatic heterocycles. The monoisotopic (exact) mass is 238 g/mol. The van der Waals surface area contributed by atoms with Crippen molar-refractivity contribution in [3.05, 3.63) is 0 Å². The lowest BCUT2D eigenvalue weighted by atomic mass is 9.80. The first kappa shape index (κ1) is 12.9. The van der Waals surface area contributed by atoms with Crippen molar-refractivity contribution in [1.29, 1.82) is 0 Å². The van der Waals surface area contributed by atoms with Crippen LogP contribution in [-0.4, -0.2) is 17.5 Å². The summed E-state index contributed by atoms with van der Waals surface area (Å²) in [6.45, 7) is 2.20. The molecular weight excluding hydrogens is 212 g/mol. The second-order valence-electron chi connectivity index (χ2n) is 6.06. The van der Waals surface area contributed by atoms with E-state index in [1.165, 1.54) is 38.5 Å². The minimum absolute atomic E-state index is 0.179. The molecule has 2 fully saturated rings. The Labute approximate surface area is 105 Å². The average molecular weight is 238 g/mol.